The van der Waals surface area contributed by atoms with Crippen LogP contribution in [0.15, 0.2) is 0 Å². The van der Waals surface area contributed by atoms with Crippen LogP contribution >= 0.6 is 12.4 Å². The molecule has 2 amide bonds. The molecular formula is C17H32ClN3O3. The fourth-order valence-corrected chi connectivity index (χ4v) is 3.37. The topological polar surface area (TPSA) is 61.9 Å². The molecule has 0 aromatic heterocycles. The number of nitrogens with zero attached hydrogens (tertiary/aromatic N) is 2. The lowest BCUT2D eigenvalue weighted by molar-refractivity contribution is -0.142. The number of rotatable bonds is 8. The first-order chi connectivity index (χ1) is 11.2. The Morgan fingerprint density at radius 1 is 1.33 bits per heavy atom. The van der Waals surface area contributed by atoms with Crippen LogP contribution in [-0.4, -0.2) is 73.1 Å². The van der Waals surface area contributed by atoms with E-state index in [4.69, 9.17) is 4.74 Å². The van der Waals surface area contributed by atoms with Crippen LogP contribution in [-0.2, 0) is 14.3 Å². The molecule has 2 unspecified atom stereocenters. The number of ether oxygens (including phenoxy) is 1. The zero-order chi connectivity index (χ0) is 16.7. The summed E-state index contributed by atoms with van der Waals surface area (Å²) >= 11 is 0. The van der Waals surface area contributed by atoms with Crippen molar-refractivity contribution in [3.8, 4) is 0 Å². The Hall–Kier alpha value is -0.850. The molecule has 0 radical (unpaired) electrons. The highest BCUT2D eigenvalue weighted by Gasteiger charge is 2.33. The van der Waals surface area contributed by atoms with Crippen LogP contribution in [0.25, 0.3) is 0 Å². The molecular weight excluding hydrogens is 330 g/mol. The Morgan fingerprint density at radius 3 is 2.62 bits per heavy atom. The van der Waals surface area contributed by atoms with E-state index in [0.717, 1.165) is 51.9 Å². The Bertz CT molecular complexity index is 397. The number of nitrogens with one attached hydrogen (secondary N) is 1. The third-order valence-corrected chi connectivity index (χ3v) is 4.55. The molecule has 140 valence electrons. The monoisotopic (exact) mass is 361 g/mol. The summed E-state index contributed by atoms with van der Waals surface area (Å²) in [6.45, 7) is 8.61. The van der Waals surface area contributed by atoms with Gasteiger partial charge in [0.25, 0.3) is 0 Å². The predicted molar refractivity (Wildman–Crippen MR) is 96.4 cm³/mol. The van der Waals surface area contributed by atoms with E-state index in [2.05, 4.69) is 19.2 Å². The highest BCUT2D eigenvalue weighted by Crippen LogP contribution is 2.16. The second kappa shape index (κ2) is 10.9. The summed E-state index contributed by atoms with van der Waals surface area (Å²) in [6.07, 6.45) is 4.44. The lowest BCUT2D eigenvalue weighted by Crippen LogP contribution is -2.57. The van der Waals surface area contributed by atoms with E-state index in [1.54, 1.807) is 0 Å². The van der Waals surface area contributed by atoms with Crippen molar-refractivity contribution in [1.29, 1.82) is 0 Å². The zero-order valence-corrected chi connectivity index (χ0v) is 15.8. The number of hydrogen-bond acceptors (Lipinski definition) is 4. The van der Waals surface area contributed by atoms with Crippen molar-refractivity contribution >= 4 is 24.2 Å². The van der Waals surface area contributed by atoms with Gasteiger partial charge in [-0.15, -0.1) is 12.4 Å². The molecule has 2 aliphatic rings. The minimum absolute atomic E-state index is 0. The maximum absolute atomic E-state index is 12.6. The Morgan fingerprint density at radius 2 is 2.04 bits per heavy atom. The average Bonchev–Trinajstić information content (AvgIpc) is 3.04. The van der Waals surface area contributed by atoms with Gasteiger partial charge in [0.1, 0.15) is 0 Å². The molecule has 0 aliphatic carbocycles. The van der Waals surface area contributed by atoms with Crippen molar-refractivity contribution in [3.05, 3.63) is 0 Å². The first kappa shape index (κ1) is 21.2. The minimum Gasteiger partial charge on any atom is -0.376 e. The normalized spacial score (nSPS) is 23.9. The van der Waals surface area contributed by atoms with E-state index in [1.165, 1.54) is 0 Å². The first-order valence-corrected chi connectivity index (χ1v) is 9.07. The van der Waals surface area contributed by atoms with Gasteiger partial charge in [0.15, 0.2) is 0 Å². The second-order valence-corrected chi connectivity index (χ2v) is 6.51. The molecule has 2 saturated heterocycles. The minimum atomic E-state index is -0.381. The number of carbonyl (C=O) groups excluding carboxylic acids is 2. The highest BCUT2D eigenvalue weighted by atomic mass is 35.5. The fraction of sp³-hybridized carbons (Fsp3) is 0.882. The van der Waals surface area contributed by atoms with Gasteiger partial charge >= 0.3 is 0 Å². The Kier molecular flexibility index (Phi) is 9.63. The SMILES string of the molecule is CCCN(CCC)C(=O)CC1NCCN(CC2CCCO2)C1=O.Cl. The van der Waals surface area contributed by atoms with Gasteiger partial charge in [-0.1, -0.05) is 13.8 Å². The molecule has 0 aromatic rings. The van der Waals surface area contributed by atoms with E-state index >= 15 is 0 Å². The number of halogens is 1. The summed E-state index contributed by atoms with van der Waals surface area (Å²) in [4.78, 5) is 28.9. The predicted octanol–water partition coefficient (Wildman–Crippen LogP) is 1.43. The van der Waals surface area contributed by atoms with Gasteiger partial charge in [0.05, 0.1) is 18.6 Å². The number of piperazine rings is 1. The molecule has 0 saturated carbocycles. The Balaban J connectivity index is 0.00000288. The number of carbonyl (C=O) groups is 2. The fourth-order valence-electron chi connectivity index (χ4n) is 3.37. The summed E-state index contributed by atoms with van der Waals surface area (Å²) < 4.78 is 5.63. The lowest BCUT2D eigenvalue weighted by atomic mass is 10.1. The van der Waals surface area contributed by atoms with E-state index in [0.29, 0.717) is 13.1 Å². The van der Waals surface area contributed by atoms with Crippen LogP contribution in [0.4, 0.5) is 0 Å². The quantitative estimate of drug-likeness (QED) is 0.710. The maximum Gasteiger partial charge on any atom is 0.240 e. The maximum atomic E-state index is 12.6. The Labute approximate surface area is 151 Å². The van der Waals surface area contributed by atoms with Crippen LogP contribution in [0, 0.1) is 0 Å². The van der Waals surface area contributed by atoms with Crippen molar-refractivity contribution in [2.45, 2.75) is 58.1 Å². The average molecular weight is 362 g/mol. The van der Waals surface area contributed by atoms with Gasteiger partial charge in [0, 0.05) is 39.3 Å². The van der Waals surface area contributed by atoms with Crippen LogP contribution in [0.3, 0.4) is 0 Å². The van der Waals surface area contributed by atoms with Gasteiger partial charge < -0.3 is 19.9 Å². The standard InChI is InChI=1S/C17H31N3O3.ClH/c1-3-8-19(9-4-2)16(21)12-15-17(22)20(10-7-18-15)13-14-6-5-11-23-14;/h14-15,18H,3-13H2,1-2H3;1H. The smallest absolute Gasteiger partial charge is 0.240 e. The van der Waals surface area contributed by atoms with Crippen LogP contribution in [0.1, 0.15) is 46.0 Å². The third-order valence-electron chi connectivity index (χ3n) is 4.55. The zero-order valence-electron chi connectivity index (χ0n) is 15.0. The molecule has 7 heteroatoms. The summed E-state index contributed by atoms with van der Waals surface area (Å²) in [5.41, 5.74) is 0. The molecule has 2 rings (SSSR count). The number of hydrogen-bond donors (Lipinski definition) is 1. The molecule has 24 heavy (non-hydrogen) atoms. The molecule has 0 bridgehead atoms. The van der Waals surface area contributed by atoms with Crippen LogP contribution < -0.4 is 5.32 Å². The van der Waals surface area contributed by atoms with Crippen LogP contribution in [0.5, 0.6) is 0 Å². The lowest BCUT2D eigenvalue weighted by Gasteiger charge is -2.35. The van der Waals surface area contributed by atoms with Gasteiger partial charge in [-0.05, 0) is 25.7 Å². The van der Waals surface area contributed by atoms with Gasteiger partial charge in [-0.2, -0.15) is 0 Å². The molecule has 1 N–H and O–H groups in total. The van der Waals surface area contributed by atoms with Crippen molar-refractivity contribution < 1.29 is 14.3 Å². The van der Waals surface area contributed by atoms with Gasteiger partial charge in [-0.25, -0.2) is 0 Å². The third kappa shape index (κ3) is 5.90. The van der Waals surface area contributed by atoms with E-state index in [1.807, 2.05) is 9.80 Å². The second-order valence-electron chi connectivity index (χ2n) is 6.51. The van der Waals surface area contributed by atoms with E-state index in [-0.39, 0.29) is 42.8 Å². The molecule has 0 spiro atoms. The highest BCUT2D eigenvalue weighted by molar-refractivity contribution is 5.89. The molecule has 0 aromatic carbocycles. The molecule has 2 atom stereocenters. The van der Waals surface area contributed by atoms with Crippen LogP contribution in [0.2, 0.25) is 0 Å². The van der Waals surface area contributed by atoms with Crippen molar-refractivity contribution in [2.75, 3.05) is 39.3 Å². The van der Waals surface area contributed by atoms with Gasteiger partial charge in [-0.3, -0.25) is 9.59 Å². The molecule has 2 heterocycles. The first-order valence-electron chi connectivity index (χ1n) is 9.07. The summed E-state index contributed by atoms with van der Waals surface area (Å²) in [5.74, 6) is 0.131. The largest absolute Gasteiger partial charge is 0.376 e. The molecule has 6 nitrogen and oxygen atoms in total. The van der Waals surface area contributed by atoms with Crippen molar-refractivity contribution in [2.24, 2.45) is 0 Å². The van der Waals surface area contributed by atoms with Gasteiger partial charge in [0.2, 0.25) is 11.8 Å². The van der Waals surface area contributed by atoms with E-state index < -0.39 is 0 Å². The molecule has 2 fully saturated rings. The van der Waals surface area contributed by atoms with Crippen molar-refractivity contribution in [1.82, 2.24) is 15.1 Å². The summed E-state index contributed by atoms with van der Waals surface area (Å²) in [6, 6.07) is -0.381. The van der Waals surface area contributed by atoms with E-state index in [9.17, 15) is 9.59 Å². The summed E-state index contributed by atoms with van der Waals surface area (Å²) in [5, 5.41) is 3.21. The molecule has 2 aliphatic heterocycles. The summed E-state index contributed by atoms with van der Waals surface area (Å²) in [7, 11) is 0. The number of amides is 2. The van der Waals surface area contributed by atoms with Crippen molar-refractivity contribution in [3.63, 3.8) is 0 Å².